The summed E-state index contributed by atoms with van der Waals surface area (Å²) in [6.07, 6.45) is 4.79. The zero-order valence-corrected chi connectivity index (χ0v) is 14.5. The van der Waals surface area contributed by atoms with Gasteiger partial charge in [-0.1, -0.05) is 0 Å². The van der Waals surface area contributed by atoms with Gasteiger partial charge in [0.1, 0.15) is 0 Å². The summed E-state index contributed by atoms with van der Waals surface area (Å²) in [4.78, 5) is 25.3. The van der Waals surface area contributed by atoms with Crippen molar-refractivity contribution in [2.45, 2.75) is 36.6 Å². The molecule has 0 spiro atoms. The monoisotopic (exact) mass is 349 g/mol. The first-order chi connectivity index (χ1) is 11.6. The lowest BCUT2D eigenvalue weighted by Crippen LogP contribution is -2.45. The number of nitro benzene ring substituents is 1. The molecule has 0 radical (unpaired) electrons. The molecule has 7 heteroatoms. The van der Waals surface area contributed by atoms with Crippen LogP contribution in [0, 0.1) is 16.0 Å². The van der Waals surface area contributed by atoms with Crippen LogP contribution in [-0.4, -0.2) is 47.2 Å². The maximum absolute atomic E-state index is 12.3. The van der Waals surface area contributed by atoms with Gasteiger partial charge < -0.3 is 10.2 Å². The SMILES string of the molecule is O=C(CSc1ccc([N+](=O)[O-])cc1)N1CCC(NCC2CC2)CC1. The molecule has 3 rings (SSSR count). The number of thioether (sulfide) groups is 1. The Kier molecular flexibility index (Phi) is 5.73. The molecule has 1 aromatic rings. The van der Waals surface area contributed by atoms with Crippen molar-refractivity contribution in [3.05, 3.63) is 34.4 Å². The van der Waals surface area contributed by atoms with Gasteiger partial charge in [-0.2, -0.15) is 0 Å². The van der Waals surface area contributed by atoms with Gasteiger partial charge in [-0.15, -0.1) is 11.8 Å². The summed E-state index contributed by atoms with van der Waals surface area (Å²) in [6, 6.07) is 6.90. The van der Waals surface area contributed by atoms with Gasteiger partial charge in [-0.25, -0.2) is 0 Å². The molecule has 1 aliphatic heterocycles. The van der Waals surface area contributed by atoms with E-state index in [-0.39, 0.29) is 11.6 Å². The van der Waals surface area contributed by atoms with Crippen molar-refractivity contribution in [3.63, 3.8) is 0 Å². The summed E-state index contributed by atoms with van der Waals surface area (Å²) in [5.41, 5.74) is 0.0754. The second-order valence-electron chi connectivity index (χ2n) is 6.55. The minimum atomic E-state index is -0.416. The molecule has 0 aromatic heterocycles. The summed E-state index contributed by atoms with van der Waals surface area (Å²) in [5, 5.41) is 14.2. The molecule has 6 nitrogen and oxygen atoms in total. The van der Waals surface area contributed by atoms with E-state index >= 15 is 0 Å². The number of carbonyl (C=O) groups excluding carboxylic acids is 1. The van der Waals surface area contributed by atoms with Crippen LogP contribution in [0.1, 0.15) is 25.7 Å². The molecular weight excluding hydrogens is 326 g/mol. The van der Waals surface area contributed by atoms with Crippen molar-refractivity contribution >= 4 is 23.4 Å². The number of carbonyl (C=O) groups is 1. The molecule has 0 atom stereocenters. The molecule has 0 unspecified atom stereocenters. The van der Waals surface area contributed by atoms with Gasteiger partial charge in [0.05, 0.1) is 10.7 Å². The van der Waals surface area contributed by atoms with Crippen molar-refractivity contribution < 1.29 is 9.72 Å². The Morgan fingerprint density at radius 2 is 1.88 bits per heavy atom. The van der Waals surface area contributed by atoms with Gasteiger partial charge >= 0.3 is 0 Å². The lowest BCUT2D eigenvalue weighted by molar-refractivity contribution is -0.384. The Balaban J connectivity index is 1.38. The molecular formula is C17H23N3O3S. The summed E-state index contributed by atoms with van der Waals surface area (Å²) in [6.45, 7) is 2.78. The van der Waals surface area contributed by atoms with Crippen LogP contribution in [0.2, 0.25) is 0 Å². The lowest BCUT2D eigenvalue weighted by atomic mass is 10.0. The molecule has 24 heavy (non-hydrogen) atoms. The Labute approximate surface area is 146 Å². The van der Waals surface area contributed by atoms with E-state index in [0.717, 1.165) is 43.3 Å². The molecule has 1 saturated carbocycles. The predicted octanol–water partition coefficient (Wildman–Crippen LogP) is 2.68. The third-order valence-electron chi connectivity index (χ3n) is 4.65. The minimum Gasteiger partial charge on any atom is -0.342 e. The maximum Gasteiger partial charge on any atom is 0.269 e. The molecule has 2 fully saturated rings. The van der Waals surface area contributed by atoms with E-state index in [1.807, 2.05) is 4.90 Å². The summed E-state index contributed by atoms with van der Waals surface area (Å²) in [5.74, 6) is 1.43. The van der Waals surface area contributed by atoms with Crippen LogP contribution < -0.4 is 5.32 Å². The number of hydrogen-bond donors (Lipinski definition) is 1. The summed E-state index contributed by atoms with van der Waals surface area (Å²) < 4.78 is 0. The third kappa shape index (κ3) is 4.95. The first-order valence-electron chi connectivity index (χ1n) is 8.50. The van der Waals surface area contributed by atoms with Gasteiger partial charge in [-0.3, -0.25) is 14.9 Å². The maximum atomic E-state index is 12.3. The molecule has 1 saturated heterocycles. The molecule has 2 aliphatic rings. The second kappa shape index (κ2) is 7.98. The van der Waals surface area contributed by atoms with E-state index in [2.05, 4.69) is 5.32 Å². The van der Waals surface area contributed by atoms with E-state index in [4.69, 9.17) is 0 Å². The average molecular weight is 349 g/mol. The Bertz CT molecular complexity index is 581. The first kappa shape index (κ1) is 17.2. The molecule has 0 bridgehead atoms. The van der Waals surface area contributed by atoms with Crippen molar-refractivity contribution in [1.82, 2.24) is 10.2 Å². The van der Waals surface area contributed by atoms with E-state index in [1.165, 1.54) is 36.7 Å². The quantitative estimate of drug-likeness (QED) is 0.465. The van der Waals surface area contributed by atoms with Crippen LogP contribution in [0.5, 0.6) is 0 Å². The standard InChI is InChI=1S/C17H23N3O3S/c21-17(12-24-16-5-3-15(4-6-16)20(22)23)19-9-7-14(8-10-19)18-11-13-1-2-13/h3-6,13-14,18H,1-2,7-12H2. The molecule has 130 valence electrons. The fourth-order valence-corrected chi connectivity index (χ4v) is 3.69. The zero-order chi connectivity index (χ0) is 16.9. The number of benzene rings is 1. The van der Waals surface area contributed by atoms with Gasteiger partial charge in [-0.05, 0) is 50.3 Å². The highest BCUT2D eigenvalue weighted by molar-refractivity contribution is 8.00. The van der Waals surface area contributed by atoms with Gasteiger partial charge in [0.2, 0.25) is 5.91 Å². The summed E-state index contributed by atoms with van der Waals surface area (Å²) >= 11 is 1.44. The van der Waals surface area contributed by atoms with Crippen LogP contribution in [0.3, 0.4) is 0 Å². The molecule has 1 N–H and O–H groups in total. The van der Waals surface area contributed by atoms with Crippen LogP contribution >= 0.6 is 11.8 Å². The highest BCUT2D eigenvalue weighted by Crippen LogP contribution is 2.28. The molecule has 1 aliphatic carbocycles. The van der Waals surface area contributed by atoms with Crippen molar-refractivity contribution in [2.75, 3.05) is 25.4 Å². The summed E-state index contributed by atoms with van der Waals surface area (Å²) in [7, 11) is 0. The first-order valence-corrected chi connectivity index (χ1v) is 9.49. The van der Waals surface area contributed by atoms with E-state index < -0.39 is 4.92 Å². The van der Waals surface area contributed by atoms with Crippen molar-refractivity contribution in [2.24, 2.45) is 5.92 Å². The Morgan fingerprint density at radius 3 is 2.46 bits per heavy atom. The highest BCUT2D eigenvalue weighted by Gasteiger charge is 2.25. The van der Waals surface area contributed by atoms with Gasteiger partial charge in [0.15, 0.2) is 0 Å². The average Bonchev–Trinajstić information content (AvgIpc) is 3.43. The van der Waals surface area contributed by atoms with E-state index in [1.54, 1.807) is 12.1 Å². The van der Waals surface area contributed by atoms with E-state index in [9.17, 15) is 14.9 Å². The lowest BCUT2D eigenvalue weighted by Gasteiger charge is -2.32. The number of nitrogens with zero attached hydrogens (tertiary/aromatic N) is 2. The third-order valence-corrected chi connectivity index (χ3v) is 5.65. The minimum absolute atomic E-state index is 0.0754. The normalized spacial score (nSPS) is 18.6. The topological polar surface area (TPSA) is 75.5 Å². The molecule has 1 heterocycles. The highest BCUT2D eigenvalue weighted by atomic mass is 32.2. The van der Waals surface area contributed by atoms with Crippen LogP contribution in [0.4, 0.5) is 5.69 Å². The van der Waals surface area contributed by atoms with Crippen LogP contribution in [0.25, 0.3) is 0 Å². The molecule has 1 amide bonds. The fourth-order valence-electron chi connectivity index (χ4n) is 2.89. The number of rotatable bonds is 7. The number of nitro groups is 1. The number of amides is 1. The zero-order valence-electron chi connectivity index (χ0n) is 13.6. The Morgan fingerprint density at radius 1 is 1.21 bits per heavy atom. The van der Waals surface area contributed by atoms with Gasteiger partial charge in [0, 0.05) is 36.2 Å². The fraction of sp³-hybridized carbons (Fsp3) is 0.588. The van der Waals surface area contributed by atoms with Crippen LogP contribution in [-0.2, 0) is 4.79 Å². The Hall–Kier alpha value is -1.60. The number of nitrogens with one attached hydrogen (secondary N) is 1. The largest absolute Gasteiger partial charge is 0.342 e. The van der Waals surface area contributed by atoms with Gasteiger partial charge in [0.25, 0.3) is 5.69 Å². The van der Waals surface area contributed by atoms with E-state index in [0.29, 0.717) is 11.8 Å². The van der Waals surface area contributed by atoms with Crippen molar-refractivity contribution in [1.29, 1.82) is 0 Å². The number of hydrogen-bond acceptors (Lipinski definition) is 5. The second-order valence-corrected chi connectivity index (χ2v) is 7.60. The number of likely N-dealkylation sites (tertiary alicyclic amines) is 1. The number of piperidine rings is 1. The molecule has 1 aromatic carbocycles. The smallest absolute Gasteiger partial charge is 0.269 e. The predicted molar refractivity (Wildman–Crippen MR) is 94.1 cm³/mol. The van der Waals surface area contributed by atoms with Crippen molar-refractivity contribution in [3.8, 4) is 0 Å². The van der Waals surface area contributed by atoms with Crippen LogP contribution in [0.15, 0.2) is 29.2 Å². The number of non-ortho nitro benzene ring substituents is 1.